The molecule has 0 saturated heterocycles. The molecule has 118 valence electrons. The average molecular weight is 321 g/mol. The highest BCUT2D eigenvalue weighted by molar-refractivity contribution is 5.97. The van der Waals surface area contributed by atoms with Crippen molar-refractivity contribution in [2.24, 2.45) is 5.73 Å². The van der Waals surface area contributed by atoms with Gasteiger partial charge in [0.1, 0.15) is 0 Å². The first-order valence-electron chi connectivity index (χ1n) is 7.44. The number of nitrogens with two attached hydrogens (primary N) is 1. The maximum absolute atomic E-state index is 12.3. The van der Waals surface area contributed by atoms with E-state index in [0.717, 1.165) is 36.7 Å². The summed E-state index contributed by atoms with van der Waals surface area (Å²) in [5.41, 5.74) is 8.21. The van der Waals surface area contributed by atoms with Gasteiger partial charge in [0.2, 0.25) is 0 Å². The van der Waals surface area contributed by atoms with Gasteiger partial charge in [-0.2, -0.15) is 0 Å². The van der Waals surface area contributed by atoms with Crippen LogP contribution < -0.4 is 11.1 Å². The SMILES string of the molecule is Cl.NC1(CNC(=O)c2ccc3nccnc3c2)CCCCC1. The summed E-state index contributed by atoms with van der Waals surface area (Å²) in [5.74, 6) is -0.0991. The van der Waals surface area contributed by atoms with E-state index in [0.29, 0.717) is 12.1 Å². The summed E-state index contributed by atoms with van der Waals surface area (Å²) >= 11 is 0. The van der Waals surface area contributed by atoms with Crippen LogP contribution in [0.4, 0.5) is 0 Å². The largest absolute Gasteiger partial charge is 0.350 e. The van der Waals surface area contributed by atoms with Gasteiger partial charge in [0.15, 0.2) is 0 Å². The van der Waals surface area contributed by atoms with Crippen molar-refractivity contribution in [3.63, 3.8) is 0 Å². The summed E-state index contributed by atoms with van der Waals surface area (Å²) in [6, 6.07) is 5.36. The van der Waals surface area contributed by atoms with Gasteiger partial charge in [-0.25, -0.2) is 0 Å². The van der Waals surface area contributed by atoms with Gasteiger partial charge in [-0.15, -0.1) is 12.4 Å². The van der Waals surface area contributed by atoms with Crippen molar-refractivity contribution in [2.45, 2.75) is 37.6 Å². The first-order chi connectivity index (χ1) is 10.2. The molecule has 1 heterocycles. The molecule has 1 aliphatic carbocycles. The topological polar surface area (TPSA) is 80.9 Å². The molecule has 3 rings (SSSR count). The molecule has 1 fully saturated rings. The molecular formula is C16H21ClN4O. The van der Waals surface area contributed by atoms with Crippen molar-refractivity contribution >= 4 is 29.3 Å². The molecule has 0 spiro atoms. The van der Waals surface area contributed by atoms with E-state index in [1.54, 1.807) is 24.5 Å². The molecule has 0 radical (unpaired) electrons. The highest BCUT2D eigenvalue weighted by Crippen LogP contribution is 2.25. The van der Waals surface area contributed by atoms with E-state index < -0.39 is 0 Å². The molecule has 1 aromatic heterocycles. The minimum Gasteiger partial charge on any atom is -0.350 e. The number of aromatic nitrogens is 2. The number of fused-ring (bicyclic) bond motifs is 1. The van der Waals surface area contributed by atoms with Gasteiger partial charge in [0.25, 0.3) is 5.91 Å². The second-order valence-corrected chi connectivity index (χ2v) is 5.87. The first-order valence-corrected chi connectivity index (χ1v) is 7.44. The normalized spacial score (nSPS) is 16.8. The Morgan fingerprint density at radius 3 is 2.55 bits per heavy atom. The van der Waals surface area contributed by atoms with Crippen LogP contribution in [0, 0.1) is 0 Å². The summed E-state index contributed by atoms with van der Waals surface area (Å²) in [4.78, 5) is 20.7. The number of hydrogen-bond acceptors (Lipinski definition) is 4. The number of rotatable bonds is 3. The summed E-state index contributed by atoms with van der Waals surface area (Å²) < 4.78 is 0. The van der Waals surface area contributed by atoms with Gasteiger partial charge in [-0.05, 0) is 31.0 Å². The number of carbonyl (C=O) groups is 1. The summed E-state index contributed by atoms with van der Waals surface area (Å²) in [7, 11) is 0. The molecule has 3 N–H and O–H groups in total. The molecule has 0 unspecified atom stereocenters. The Labute approximate surface area is 136 Å². The zero-order valence-electron chi connectivity index (χ0n) is 12.4. The van der Waals surface area contributed by atoms with E-state index in [1.807, 2.05) is 6.07 Å². The van der Waals surface area contributed by atoms with Gasteiger partial charge in [0, 0.05) is 30.0 Å². The molecule has 0 atom stereocenters. The van der Waals surface area contributed by atoms with Crippen LogP contribution in [0.2, 0.25) is 0 Å². The standard InChI is InChI=1S/C16H20N4O.ClH/c17-16(6-2-1-3-7-16)11-20-15(21)12-4-5-13-14(10-12)19-9-8-18-13;/h4-5,8-10H,1-3,6-7,11,17H2,(H,20,21);1H. The van der Waals surface area contributed by atoms with E-state index in [9.17, 15) is 4.79 Å². The predicted molar refractivity (Wildman–Crippen MR) is 89.1 cm³/mol. The number of nitrogens with one attached hydrogen (secondary N) is 1. The quantitative estimate of drug-likeness (QED) is 0.910. The molecule has 22 heavy (non-hydrogen) atoms. The Hall–Kier alpha value is -1.72. The van der Waals surface area contributed by atoms with Crippen LogP contribution in [0.1, 0.15) is 42.5 Å². The van der Waals surface area contributed by atoms with Crippen LogP contribution in [0.3, 0.4) is 0 Å². The Morgan fingerprint density at radius 1 is 1.14 bits per heavy atom. The van der Waals surface area contributed by atoms with Gasteiger partial charge >= 0.3 is 0 Å². The third-order valence-electron chi connectivity index (χ3n) is 4.18. The van der Waals surface area contributed by atoms with E-state index in [-0.39, 0.29) is 23.9 Å². The average Bonchev–Trinajstić information content (AvgIpc) is 2.53. The fourth-order valence-electron chi connectivity index (χ4n) is 2.90. The van der Waals surface area contributed by atoms with E-state index in [4.69, 9.17) is 5.73 Å². The van der Waals surface area contributed by atoms with Gasteiger partial charge in [-0.3, -0.25) is 14.8 Å². The lowest BCUT2D eigenvalue weighted by Crippen LogP contribution is -2.51. The molecule has 1 aromatic carbocycles. The number of nitrogens with zero attached hydrogens (tertiary/aromatic N) is 2. The van der Waals surface area contributed by atoms with Crippen LogP contribution in [0.25, 0.3) is 11.0 Å². The molecular weight excluding hydrogens is 300 g/mol. The summed E-state index contributed by atoms with van der Waals surface area (Å²) in [5, 5.41) is 2.96. The van der Waals surface area contributed by atoms with E-state index in [1.165, 1.54) is 6.42 Å². The second-order valence-electron chi connectivity index (χ2n) is 5.87. The van der Waals surface area contributed by atoms with Crippen LogP contribution in [-0.4, -0.2) is 28.0 Å². The van der Waals surface area contributed by atoms with Gasteiger partial charge in [0.05, 0.1) is 11.0 Å². The Balaban J connectivity index is 0.00000176. The van der Waals surface area contributed by atoms with Crippen molar-refractivity contribution in [2.75, 3.05) is 6.54 Å². The third-order valence-corrected chi connectivity index (χ3v) is 4.18. The Bertz CT molecular complexity index is 655. The molecule has 1 amide bonds. The highest BCUT2D eigenvalue weighted by atomic mass is 35.5. The number of amides is 1. The fraction of sp³-hybridized carbons (Fsp3) is 0.438. The minimum atomic E-state index is -0.245. The van der Waals surface area contributed by atoms with E-state index in [2.05, 4.69) is 15.3 Å². The lowest BCUT2D eigenvalue weighted by atomic mass is 9.82. The molecule has 1 aliphatic rings. The maximum atomic E-state index is 12.3. The summed E-state index contributed by atoms with van der Waals surface area (Å²) in [6.45, 7) is 0.532. The lowest BCUT2D eigenvalue weighted by molar-refractivity contribution is 0.0938. The number of halogens is 1. The maximum Gasteiger partial charge on any atom is 0.251 e. The smallest absolute Gasteiger partial charge is 0.251 e. The van der Waals surface area contributed by atoms with Gasteiger partial charge in [-0.1, -0.05) is 19.3 Å². The van der Waals surface area contributed by atoms with Crippen molar-refractivity contribution < 1.29 is 4.79 Å². The zero-order valence-corrected chi connectivity index (χ0v) is 13.2. The predicted octanol–water partition coefficient (Wildman–Crippen LogP) is 2.44. The summed E-state index contributed by atoms with van der Waals surface area (Å²) in [6.07, 6.45) is 8.78. The number of hydrogen-bond donors (Lipinski definition) is 2. The molecule has 6 heteroatoms. The third kappa shape index (κ3) is 3.72. The van der Waals surface area contributed by atoms with Crippen molar-refractivity contribution in [1.29, 1.82) is 0 Å². The second kappa shape index (κ2) is 7.03. The van der Waals surface area contributed by atoms with Crippen molar-refractivity contribution in [1.82, 2.24) is 15.3 Å². The van der Waals surface area contributed by atoms with Crippen LogP contribution in [0.15, 0.2) is 30.6 Å². The minimum absolute atomic E-state index is 0. The number of benzene rings is 1. The monoisotopic (exact) mass is 320 g/mol. The van der Waals surface area contributed by atoms with Crippen molar-refractivity contribution in [3.8, 4) is 0 Å². The van der Waals surface area contributed by atoms with Crippen LogP contribution >= 0.6 is 12.4 Å². The van der Waals surface area contributed by atoms with Crippen LogP contribution in [-0.2, 0) is 0 Å². The molecule has 0 aliphatic heterocycles. The Morgan fingerprint density at radius 2 is 1.82 bits per heavy atom. The van der Waals surface area contributed by atoms with Gasteiger partial charge < -0.3 is 11.1 Å². The zero-order chi connectivity index (χ0) is 14.7. The molecule has 0 bridgehead atoms. The van der Waals surface area contributed by atoms with Crippen molar-refractivity contribution in [3.05, 3.63) is 36.2 Å². The molecule has 5 nitrogen and oxygen atoms in total. The highest BCUT2D eigenvalue weighted by Gasteiger charge is 2.27. The Kier molecular flexibility index (Phi) is 5.32. The lowest BCUT2D eigenvalue weighted by Gasteiger charge is -2.33. The molecule has 2 aromatic rings. The van der Waals surface area contributed by atoms with E-state index >= 15 is 0 Å². The fourth-order valence-corrected chi connectivity index (χ4v) is 2.90. The number of carbonyl (C=O) groups excluding carboxylic acids is 1. The van der Waals surface area contributed by atoms with Crippen LogP contribution in [0.5, 0.6) is 0 Å². The first kappa shape index (κ1) is 16.6. The molecule has 1 saturated carbocycles.